The highest BCUT2D eigenvalue weighted by Crippen LogP contribution is 2.36. The molecule has 0 saturated heterocycles. The highest BCUT2D eigenvalue weighted by atomic mass is 19.4. The van der Waals surface area contributed by atoms with Gasteiger partial charge in [-0.05, 0) is 19.3 Å². The number of hydrogen-bond acceptors (Lipinski definition) is 2. The van der Waals surface area contributed by atoms with Crippen LogP contribution in [0.25, 0.3) is 0 Å². The fourth-order valence-corrected chi connectivity index (χ4v) is 1.60. The molecule has 0 heterocycles. The van der Waals surface area contributed by atoms with E-state index in [4.69, 9.17) is 10.8 Å². The van der Waals surface area contributed by atoms with Crippen LogP contribution in [0.4, 0.5) is 13.2 Å². The summed E-state index contributed by atoms with van der Waals surface area (Å²) in [5, 5.41) is 9.03. The van der Waals surface area contributed by atoms with Crippen molar-refractivity contribution in [2.75, 3.05) is 0 Å². The van der Waals surface area contributed by atoms with Crippen LogP contribution in [0.1, 0.15) is 19.3 Å². The van der Waals surface area contributed by atoms with Crippen LogP contribution in [0.2, 0.25) is 0 Å². The number of halogens is 3. The van der Waals surface area contributed by atoms with Crippen LogP contribution in [-0.4, -0.2) is 23.4 Å². The monoisotopic (exact) mass is 183 g/mol. The smallest absolute Gasteiger partial charge is 0.391 e. The molecule has 0 aromatic carbocycles. The van der Waals surface area contributed by atoms with E-state index in [0.717, 1.165) is 0 Å². The molecule has 0 spiro atoms. The third kappa shape index (κ3) is 2.35. The van der Waals surface area contributed by atoms with E-state index >= 15 is 0 Å². The first-order valence-corrected chi connectivity index (χ1v) is 3.90. The molecule has 3 unspecified atom stereocenters. The molecule has 0 radical (unpaired) electrons. The van der Waals surface area contributed by atoms with Crippen LogP contribution < -0.4 is 5.73 Å². The van der Waals surface area contributed by atoms with Gasteiger partial charge in [-0.15, -0.1) is 0 Å². The molecule has 12 heavy (non-hydrogen) atoms. The van der Waals surface area contributed by atoms with Crippen LogP contribution >= 0.6 is 0 Å². The van der Waals surface area contributed by atoms with E-state index in [-0.39, 0.29) is 19.3 Å². The molecule has 1 aliphatic rings. The Morgan fingerprint density at radius 3 is 2.17 bits per heavy atom. The molecule has 72 valence electrons. The molecular weight excluding hydrogens is 171 g/mol. The highest BCUT2D eigenvalue weighted by molar-refractivity contribution is 4.84. The van der Waals surface area contributed by atoms with Gasteiger partial charge < -0.3 is 10.8 Å². The van der Waals surface area contributed by atoms with Crippen molar-refractivity contribution >= 4 is 0 Å². The van der Waals surface area contributed by atoms with E-state index in [1.54, 1.807) is 0 Å². The Bertz CT molecular complexity index is 149. The lowest BCUT2D eigenvalue weighted by molar-refractivity contribution is -0.191. The first-order chi connectivity index (χ1) is 5.39. The van der Waals surface area contributed by atoms with Crippen molar-refractivity contribution in [2.45, 2.75) is 37.6 Å². The van der Waals surface area contributed by atoms with Gasteiger partial charge in [0.05, 0.1) is 12.0 Å². The lowest BCUT2D eigenvalue weighted by Gasteiger charge is -2.31. The van der Waals surface area contributed by atoms with Gasteiger partial charge in [-0.25, -0.2) is 0 Å². The van der Waals surface area contributed by atoms with Crippen LogP contribution in [0.5, 0.6) is 0 Å². The van der Waals surface area contributed by atoms with Crippen LogP contribution in [0.3, 0.4) is 0 Å². The summed E-state index contributed by atoms with van der Waals surface area (Å²) >= 11 is 0. The predicted octanol–water partition coefficient (Wildman–Crippen LogP) is 1.04. The first-order valence-electron chi connectivity index (χ1n) is 3.90. The molecular formula is C7H12F3NO. The highest BCUT2D eigenvalue weighted by Gasteiger charge is 2.43. The van der Waals surface area contributed by atoms with E-state index < -0.39 is 24.2 Å². The quantitative estimate of drug-likeness (QED) is 0.589. The number of rotatable bonds is 0. The standard InChI is InChI=1S/C7H12F3NO/c8-7(9,10)4-1-5(11)3-6(12)2-4/h4-6,12H,1-3,11H2. The normalized spacial score (nSPS) is 38.2. The number of aliphatic hydroxyl groups excluding tert-OH is 1. The second-order valence-corrected chi connectivity index (χ2v) is 3.36. The first kappa shape index (κ1) is 9.80. The molecule has 0 bridgehead atoms. The minimum Gasteiger partial charge on any atom is -0.393 e. The summed E-state index contributed by atoms with van der Waals surface area (Å²) in [6, 6.07) is -0.514. The predicted molar refractivity (Wildman–Crippen MR) is 37.4 cm³/mol. The third-order valence-electron chi connectivity index (χ3n) is 2.18. The van der Waals surface area contributed by atoms with Gasteiger partial charge in [-0.1, -0.05) is 0 Å². The molecule has 1 aliphatic carbocycles. The second-order valence-electron chi connectivity index (χ2n) is 3.36. The van der Waals surface area contributed by atoms with Crippen LogP contribution in [-0.2, 0) is 0 Å². The molecule has 3 atom stereocenters. The molecule has 2 nitrogen and oxygen atoms in total. The number of hydrogen-bond donors (Lipinski definition) is 2. The Balaban J connectivity index is 2.55. The molecule has 0 aliphatic heterocycles. The van der Waals surface area contributed by atoms with Crippen LogP contribution in [0.15, 0.2) is 0 Å². The molecule has 1 rings (SSSR count). The summed E-state index contributed by atoms with van der Waals surface area (Å²) in [6.45, 7) is 0. The largest absolute Gasteiger partial charge is 0.393 e. The van der Waals surface area contributed by atoms with Crippen molar-refractivity contribution in [3.63, 3.8) is 0 Å². The van der Waals surface area contributed by atoms with Gasteiger partial charge in [0, 0.05) is 6.04 Å². The molecule has 5 heteroatoms. The Hall–Kier alpha value is -0.290. The lowest BCUT2D eigenvalue weighted by Crippen LogP contribution is -2.40. The zero-order chi connectivity index (χ0) is 9.35. The van der Waals surface area contributed by atoms with Gasteiger partial charge in [0.2, 0.25) is 0 Å². The maximum absolute atomic E-state index is 12.1. The van der Waals surface area contributed by atoms with Gasteiger partial charge in [-0.2, -0.15) is 13.2 Å². The fraction of sp³-hybridized carbons (Fsp3) is 1.00. The minimum atomic E-state index is -4.21. The van der Waals surface area contributed by atoms with Crippen molar-refractivity contribution in [2.24, 2.45) is 11.7 Å². The van der Waals surface area contributed by atoms with E-state index in [2.05, 4.69) is 0 Å². The summed E-state index contributed by atoms with van der Waals surface area (Å²) in [5.41, 5.74) is 5.35. The Labute approximate surface area is 68.6 Å². The number of nitrogens with two attached hydrogens (primary N) is 1. The lowest BCUT2D eigenvalue weighted by atomic mass is 9.84. The van der Waals surface area contributed by atoms with Crippen molar-refractivity contribution in [3.8, 4) is 0 Å². The van der Waals surface area contributed by atoms with Crippen molar-refractivity contribution in [3.05, 3.63) is 0 Å². The summed E-state index contributed by atoms with van der Waals surface area (Å²) in [6.07, 6.45) is -5.07. The van der Waals surface area contributed by atoms with Gasteiger partial charge >= 0.3 is 6.18 Å². The number of alkyl halides is 3. The van der Waals surface area contributed by atoms with Crippen molar-refractivity contribution in [1.82, 2.24) is 0 Å². The molecule has 0 amide bonds. The van der Waals surface area contributed by atoms with Crippen molar-refractivity contribution in [1.29, 1.82) is 0 Å². The zero-order valence-corrected chi connectivity index (χ0v) is 6.51. The maximum Gasteiger partial charge on any atom is 0.391 e. The third-order valence-corrected chi connectivity index (χ3v) is 2.18. The van der Waals surface area contributed by atoms with E-state index in [1.165, 1.54) is 0 Å². The fourth-order valence-electron chi connectivity index (χ4n) is 1.60. The van der Waals surface area contributed by atoms with E-state index in [0.29, 0.717) is 0 Å². The van der Waals surface area contributed by atoms with Crippen LogP contribution in [0, 0.1) is 5.92 Å². The summed E-state index contributed by atoms with van der Waals surface area (Å²) in [5.74, 6) is -1.42. The van der Waals surface area contributed by atoms with Crippen molar-refractivity contribution < 1.29 is 18.3 Å². The van der Waals surface area contributed by atoms with Gasteiger partial charge in [0.1, 0.15) is 0 Å². The van der Waals surface area contributed by atoms with Gasteiger partial charge in [0.15, 0.2) is 0 Å². The second kappa shape index (κ2) is 3.22. The Morgan fingerprint density at radius 1 is 1.17 bits per heavy atom. The topological polar surface area (TPSA) is 46.2 Å². The maximum atomic E-state index is 12.1. The molecule has 3 N–H and O–H groups in total. The summed E-state index contributed by atoms with van der Waals surface area (Å²) in [4.78, 5) is 0. The minimum absolute atomic E-state index is 0.0550. The Kier molecular flexibility index (Phi) is 2.63. The molecule has 1 saturated carbocycles. The zero-order valence-electron chi connectivity index (χ0n) is 6.51. The summed E-state index contributed by atoms with van der Waals surface area (Å²) < 4.78 is 36.4. The van der Waals surface area contributed by atoms with E-state index in [1.807, 2.05) is 0 Å². The number of aliphatic hydroxyl groups is 1. The molecule has 1 fully saturated rings. The summed E-state index contributed by atoms with van der Waals surface area (Å²) in [7, 11) is 0. The van der Waals surface area contributed by atoms with E-state index in [9.17, 15) is 13.2 Å². The van der Waals surface area contributed by atoms with Gasteiger partial charge in [-0.3, -0.25) is 0 Å². The average Bonchev–Trinajstić information content (AvgIpc) is 1.82. The molecule has 0 aromatic heterocycles. The van der Waals surface area contributed by atoms with Gasteiger partial charge in [0.25, 0.3) is 0 Å². The SMILES string of the molecule is NC1CC(O)CC(C(F)(F)F)C1. The Morgan fingerprint density at radius 2 is 1.75 bits per heavy atom. The average molecular weight is 183 g/mol. The molecule has 0 aromatic rings.